The lowest BCUT2D eigenvalue weighted by molar-refractivity contribution is 0.103. The highest BCUT2D eigenvalue weighted by molar-refractivity contribution is 7.99. The van der Waals surface area contributed by atoms with Crippen molar-refractivity contribution in [3.05, 3.63) is 34.5 Å². The third-order valence-electron chi connectivity index (χ3n) is 3.48. The Labute approximate surface area is 138 Å². The Kier molecular flexibility index (Phi) is 5.42. The number of thiophene rings is 1. The van der Waals surface area contributed by atoms with Gasteiger partial charge in [0.2, 0.25) is 0 Å². The molecule has 2 aromatic heterocycles. The molecule has 22 heavy (non-hydrogen) atoms. The lowest BCUT2D eigenvalue weighted by Crippen LogP contribution is -2.21. The van der Waals surface area contributed by atoms with Crippen molar-refractivity contribution in [3.63, 3.8) is 0 Å². The number of rotatable bonds is 6. The molecular formula is C15H18N4OS2. The van der Waals surface area contributed by atoms with Crippen molar-refractivity contribution in [1.29, 1.82) is 0 Å². The second-order valence-corrected chi connectivity index (χ2v) is 7.15. The molecule has 1 N–H and O–H groups in total. The highest BCUT2D eigenvalue weighted by atomic mass is 32.2. The van der Waals surface area contributed by atoms with E-state index in [4.69, 9.17) is 0 Å². The molecule has 1 saturated heterocycles. The van der Waals surface area contributed by atoms with Gasteiger partial charge in [0.05, 0.1) is 4.88 Å². The topological polar surface area (TPSA) is 58.1 Å². The maximum Gasteiger partial charge on any atom is 0.266 e. The second kappa shape index (κ2) is 7.71. The van der Waals surface area contributed by atoms with Crippen LogP contribution in [0, 0.1) is 0 Å². The zero-order valence-electron chi connectivity index (χ0n) is 12.2. The fraction of sp³-hybridized carbons (Fsp3) is 0.400. The molecule has 1 aliphatic heterocycles. The lowest BCUT2D eigenvalue weighted by Gasteiger charge is -2.13. The second-order valence-electron chi connectivity index (χ2n) is 5.09. The van der Waals surface area contributed by atoms with Crippen LogP contribution in [0.5, 0.6) is 0 Å². The Hall–Kier alpha value is -1.44. The Morgan fingerprint density at radius 1 is 1.27 bits per heavy atom. The van der Waals surface area contributed by atoms with Crippen LogP contribution < -0.4 is 5.32 Å². The first-order valence-electron chi connectivity index (χ1n) is 7.35. The molecule has 0 aromatic carbocycles. The quantitative estimate of drug-likeness (QED) is 0.823. The van der Waals surface area contributed by atoms with Crippen molar-refractivity contribution in [2.75, 3.05) is 30.7 Å². The van der Waals surface area contributed by atoms with Crippen molar-refractivity contribution in [1.82, 2.24) is 15.1 Å². The van der Waals surface area contributed by atoms with Gasteiger partial charge in [-0.1, -0.05) is 6.07 Å². The number of thioether (sulfide) groups is 1. The fourth-order valence-electron chi connectivity index (χ4n) is 2.33. The summed E-state index contributed by atoms with van der Waals surface area (Å²) in [7, 11) is 0. The van der Waals surface area contributed by atoms with Crippen molar-refractivity contribution < 1.29 is 4.79 Å². The molecule has 5 nitrogen and oxygen atoms in total. The van der Waals surface area contributed by atoms with Crippen LogP contribution in [0.25, 0.3) is 0 Å². The zero-order chi connectivity index (χ0) is 15.2. The van der Waals surface area contributed by atoms with Crippen LogP contribution in [-0.4, -0.2) is 46.4 Å². The molecule has 1 fully saturated rings. The van der Waals surface area contributed by atoms with Gasteiger partial charge in [0.15, 0.2) is 5.82 Å². The minimum atomic E-state index is -0.140. The van der Waals surface area contributed by atoms with Crippen molar-refractivity contribution in [3.8, 4) is 0 Å². The highest BCUT2D eigenvalue weighted by Crippen LogP contribution is 2.17. The molecule has 0 aliphatic carbocycles. The number of carbonyl (C=O) groups is 1. The predicted octanol–water partition coefficient (Wildman–Crippen LogP) is 2.98. The summed E-state index contributed by atoms with van der Waals surface area (Å²) in [5.74, 6) is 1.37. The van der Waals surface area contributed by atoms with Crippen molar-refractivity contribution in [2.24, 2.45) is 0 Å². The molecule has 7 heteroatoms. The van der Waals surface area contributed by atoms with Gasteiger partial charge in [0.1, 0.15) is 5.03 Å². The standard InChI is InChI=1S/C15H18N4OS2/c20-15(12-4-3-10-21-12)16-13-5-6-14(18-17-13)22-11-9-19-7-1-2-8-19/h3-6,10H,1-2,7-9,11H2,(H,16,17,20). The van der Waals surface area contributed by atoms with Gasteiger partial charge in [-0.15, -0.1) is 33.3 Å². The van der Waals surface area contributed by atoms with Gasteiger partial charge in [0, 0.05) is 12.3 Å². The predicted molar refractivity (Wildman–Crippen MR) is 90.7 cm³/mol. The molecular weight excluding hydrogens is 316 g/mol. The Morgan fingerprint density at radius 3 is 2.82 bits per heavy atom. The summed E-state index contributed by atoms with van der Waals surface area (Å²) in [6.45, 7) is 3.54. The number of anilines is 1. The van der Waals surface area contributed by atoms with E-state index in [-0.39, 0.29) is 5.91 Å². The van der Waals surface area contributed by atoms with Crippen molar-refractivity contribution >= 4 is 34.8 Å². The molecule has 3 heterocycles. The van der Waals surface area contributed by atoms with Crippen LogP contribution in [-0.2, 0) is 0 Å². The van der Waals surface area contributed by atoms with E-state index >= 15 is 0 Å². The smallest absolute Gasteiger partial charge is 0.266 e. The van der Waals surface area contributed by atoms with Crippen LogP contribution in [0.1, 0.15) is 22.5 Å². The first kappa shape index (κ1) is 15.5. The van der Waals surface area contributed by atoms with Gasteiger partial charge in [-0.2, -0.15) is 0 Å². The van der Waals surface area contributed by atoms with Crippen LogP contribution >= 0.6 is 23.1 Å². The van der Waals surface area contributed by atoms with Gasteiger partial charge < -0.3 is 10.2 Å². The van der Waals surface area contributed by atoms with E-state index < -0.39 is 0 Å². The van der Waals surface area contributed by atoms with E-state index in [1.165, 1.54) is 37.3 Å². The normalized spacial score (nSPS) is 15.1. The third-order valence-corrected chi connectivity index (χ3v) is 5.25. The summed E-state index contributed by atoms with van der Waals surface area (Å²) >= 11 is 3.11. The molecule has 116 valence electrons. The van der Waals surface area contributed by atoms with Gasteiger partial charge in [-0.25, -0.2) is 0 Å². The zero-order valence-corrected chi connectivity index (χ0v) is 13.8. The molecule has 0 spiro atoms. The Balaban J connectivity index is 1.46. The molecule has 0 saturated carbocycles. The number of aromatic nitrogens is 2. The lowest BCUT2D eigenvalue weighted by atomic mass is 10.4. The summed E-state index contributed by atoms with van der Waals surface area (Å²) in [5, 5.41) is 13.8. The highest BCUT2D eigenvalue weighted by Gasteiger charge is 2.11. The number of nitrogens with one attached hydrogen (secondary N) is 1. The number of nitrogens with zero attached hydrogens (tertiary/aromatic N) is 3. The van der Waals surface area contributed by atoms with Crippen molar-refractivity contribution in [2.45, 2.75) is 17.9 Å². The third kappa shape index (κ3) is 4.28. The average Bonchev–Trinajstić information content (AvgIpc) is 3.22. The summed E-state index contributed by atoms with van der Waals surface area (Å²) < 4.78 is 0. The molecule has 1 amide bonds. The summed E-state index contributed by atoms with van der Waals surface area (Å²) in [6, 6.07) is 7.35. The van der Waals surface area contributed by atoms with E-state index in [0.717, 1.165) is 17.3 Å². The van der Waals surface area contributed by atoms with E-state index in [0.29, 0.717) is 10.7 Å². The number of hydrogen-bond donors (Lipinski definition) is 1. The van der Waals surface area contributed by atoms with E-state index in [9.17, 15) is 4.79 Å². The van der Waals surface area contributed by atoms with E-state index in [1.807, 2.05) is 17.5 Å². The maximum absolute atomic E-state index is 11.9. The number of hydrogen-bond acceptors (Lipinski definition) is 6. The number of carbonyl (C=O) groups excluding carboxylic acids is 1. The minimum absolute atomic E-state index is 0.140. The maximum atomic E-state index is 11.9. The van der Waals surface area contributed by atoms with Crippen LogP contribution in [0.3, 0.4) is 0 Å². The molecule has 3 rings (SSSR count). The molecule has 0 bridgehead atoms. The number of likely N-dealkylation sites (tertiary alicyclic amines) is 1. The summed E-state index contributed by atoms with van der Waals surface area (Å²) in [6.07, 6.45) is 2.65. The molecule has 0 unspecified atom stereocenters. The monoisotopic (exact) mass is 334 g/mol. The first-order valence-corrected chi connectivity index (χ1v) is 9.21. The molecule has 1 aliphatic rings. The van der Waals surface area contributed by atoms with E-state index in [1.54, 1.807) is 23.9 Å². The van der Waals surface area contributed by atoms with Gasteiger partial charge in [0.25, 0.3) is 5.91 Å². The van der Waals surface area contributed by atoms with Crippen LogP contribution in [0.15, 0.2) is 34.7 Å². The average molecular weight is 334 g/mol. The van der Waals surface area contributed by atoms with Crippen LogP contribution in [0.2, 0.25) is 0 Å². The number of amides is 1. The SMILES string of the molecule is O=C(Nc1ccc(SCCN2CCCC2)nn1)c1cccs1. The van der Waals surface area contributed by atoms with Gasteiger partial charge in [-0.05, 0) is 49.5 Å². The van der Waals surface area contributed by atoms with Crippen LogP contribution in [0.4, 0.5) is 5.82 Å². The molecule has 2 aromatic rings. The first-order chi connectivity index (χ1) is 10.8. The van der Waals surface area contributed by atoms with Gasteiger partial charge >= 0.3 is 0 Å². The van der Waals surface area contributed by atoms with Gasteiger partial charge in [-0.3, -0.25) is 4.79 Å². The summed E-state index contributed by atoms with van der Waals surface area (Å²) in [4.78, 5) is 15.1. The van der Waals surface area contributed by atoms with E-state index in [2.05, 4.69) is 20.4 Å². The molecule has 0 atom stereocenters. The largest absolute Gasteiger partial charge is 0.304 e. The molecule has 0 radical (unpaired) electrons. The summed E-state index contributed by atoms with van der Waals surface area (Å²) in [5.41, 5.74) is 0. The Bertz CT molecular complexity index is 595. The minimum Gasteiger partial charge on any atom is -0.304 e. The Morgan fingerprint density at radius 2 is 2.14 bits per heavy atom. The fourth-order valence-corrected chi connectivity index (χ4v) is 3.78.